The van der Waals surface area contributed by atoms with Crippen LogP contribution in [-0.4, -0.2) is 10.1 Å². The highest BCUT2D eigenvalue weighted by Crippen LogP contribution is 2.28. The molecule has 0 aliphatic heterocycles. The van der Waals surface area contributed by atoms with Crippen LogP contribution < -0.4 is 5.73 Å². The van der Waals surface area contributed by atoms with Gasteiger partial charge in [-0.15, -0.1) is 0 Å². The highest BCUT2D eigenvalue weighted by molar-refractivity contribution is 9.10. The molecule has 1 aromatic heterocycles. The number of hydrogen-bond donors (Lipinski definition) is 2. The van der Waals surface area contributed by atoms with Crippen LogP contribution in [0.1, 0.15) is 22.8 Å². The van der Waals surface area contributed by atoms with Crippen LogP contribution in [0.5, 0.6) is 0 Å². The Morgan fingerprint density at radius 3 is 2.76 bits per heavy atom. The summed E-state index contributed by atoms with van der Waals surface area (Å²) in [5.41, 5.74) is 8.91. The molecule has 0 spiro atoms. The molecule has 88 valence electrons. The molecule has 1 atom stereocenters. The largest absolute Gasteiger partial charge is 0.398 e. The zero-order valence-electron chi connectivity index (χ0n) is 9.39. The normalized spacial score (nSPS) is 12.4. The zero-order chi connectivity index (χ0) is 12.4. The predicted octanol–water partition coefficient (Wildman–Crippen LogP) is 2.82. The fourth-order valence-electron chi connectivity index (χ4n) is 1.60. The molecule has 0 saturated heterocycles. The molecule has 0 aliphatic carbocycles. The quantitative estimate of drug-likeness (QED) is 0.895. The third-order valence-electron chi connectivity index (χ3n) is 2.69. The topological polar surface area (TPSA) is 59.1 Å². The highest BCUT2D eigenvalue weighted by atomic mass is 79.9. The van der Waals surface area contributed by atoms with Crippen LogP contribution in [-0.2, 0) is 0 Å². The van der Waals surface area contributed by atoms with Crippen LogP contribution in [0.25, 0.3) is 0 Å². The van der Waals surface area contributed by atoms with E-state index < -0.39 is 6.10 Å². The number of nitrogens with two attached hydrogens (primary N) is 1. The van der Waals surface area contributed by atoms with Crippen molar-refractivity contribution >= 4 is 21.6 Å². The van der Waals surface area contributed by atoms with Gasteiger partial charge in [-0.2, -0.15) is 0 Å². The molecule has 0 radical (unpaired) electrons. The summed E-state index contributed by atoms with van der Waals surface area (Å²) < 4.78 is 0.969. The molecule has 4 heteroatoms. The second kappa shape index (κ2) is 4.85. The van der Waals surface area contributed by atoms with Gasteiger partial charge >= 0.3 is 0 Å². The Labute approximate surface area is 108 Å². The van der Waals surface area contributed by atoms with Crippen molar-refractivity contribution in [3.63, 3.8) is 0 Å². The van der Waals surface area contributed by atoms with Gasteiger partial charge in [0.2, 0.25) is 0 Å². The number of nitrogens with zero attached hydrogens (tertiary/aromatic N) is 1. The lowest BCUT2D eigenvalue weighted by Gasteiger charge is -2.14. The molecule has 2 rings (SSSR count). The molecule has 2 aromatic rings. The number of aryl methyl sites for hydroxylation is 1. The molecular weight excluding hydrogens is 280 g/mol. The summed E-state index contributed by atoms with van der Waals surface area (Å²) in [7, 11) is 0. The van der Waals surface area contributed by atoms with Crippen molar-refractivity contribution in [3.05, 3.63) is 57.8 Å². The molecule has 1 unspecified atom stereocenters. The number of aliphatic hydroxyl groups is 1. The fourth-order valence-corrected chi connectivity index (χ4v) is 2.00. The summed E-state index contributed by atoms with van der Waals surface area (Å²) in [4.78, 5) is 3.98. The smallest absolute Gasteiger partial charge is 0.108 e. The molecule has 0 amide bonds. The molecule has 0 aliphatic rings. The van der Waals surface area contributed by atoms with Crippen molar-refractivity contribution in [1.29, 1.82) is 0 Å². The molecule has 0 fully saturated rings. The monoisotopic (exact) mass is 292 g/mol. The minimum atomic E-state index is -0.749. The van der Waals surface area contributed by atoms with E-state index in [4.69, 9.17) is 5.73 Å². The van der Waals surface area contributed by atoms with Crippen molar-refractivity contribution in [2.24, 2.45) is 0 Å². The summed E-state index contributed by atoms with van der Waals surface area (Å²) in [5, 5.41) is 10.2. The van der Waals surface area contributed by atoms with E-state index >= 15 is 0 Å². The maximum Gasteiger partial charge on any atom is 0.108 e. The fraction of sp³-hybridized carbons (Fsp3) is 0.154. The first-order valence-electron chi connectivity index (χ1n) is 5.23. The molecule has 17 heavy (non-hydrogen) atoms. The van der Waals surface area contributed by atoms with Crippen molar-refractivity contribution < 1.29 is 5.11 Å². The number of aliphatic hydroxyl groups excluding tert-OH is 1. The SMILES string of the molecule is Cc1ccc(C(O)c2cnccc2N)cc1Br. The number of aromatic nitrogens is 1. The molecule has 0 bridgehead atoms. The van der Waals surface area contributed by atoms with Gasteiger partial charge in [-0.1, -0.05) is 28.1 Å². The van der Waals surface area contributed by atoms with Gasteiger partial charge in [-0.3, -0.25) is 4.98 Å². The molecule has 1 aromatic carbocycles. The van der Waals surface area contributed by atoms with Gasteiger partial charge in [0.05, 0.1) is 0 Å². The number of halogens is 1. The Balaban J connectivity index is 2.40. The van der Waals surface area contributed by atoms with Gasteiger partial charge in [0, 0.05) is 28.1 Å². The van der Waals surface area contributed by atoms with E-state index in [0.29, 0.717) is 11.3 Å². The molecule has 0 saturated carbocycles. The van der Waals surface area contributed by atoms with Gasteiger partial charge in [0.15, 0.2) is 0 Å². The third kappa shape index (κ3) is 2.48. The van der Waals surface area contributed by atoms with Crippen LogP contribution in [0, 0.1) is 6.92 Å². The van der Waals surface area contributed by atoms with Crippen LogP contribution in [0.2, 0.25) is 0 Å². The lowest BCUT2D eigenvalue weighted by Crippen LogP contribution is -2.04. The minimum absolute atomic E-state index is 0.546. The first kappa shape index (κ1) is 12.1. The standard InChI is InChI=1S/C13H13BrN2O/c1-8-2-3-9(6-11(8)14)13(17)10-7-16-5-4-12(10)15/h2-7,13,17H,1H3,(H2,15,16). The Hall–Kier alpha value is -1.39. The number of benzene rings is 1. The zero-order valence-corrected chi connectivity index (χ0v) is 11.0. The van der Waals surface area contributed by atoms with E-state index in [1.165, 1.54) is 0 Å². The average molecular weight is 293 g/mol. The number of pyridine rings is 1. The van der Waals surface area contributed by atoms with Gasteiger partial charge in [-0.25, -0.2) is 0 Å². The molecule has 3 N–H and O–H groups in total. The van der Waals surface area contributed by atoms with E-state index in [2.05, 4.69) is 20.9 Å². The van der Waals surface area contributed by atoms with E-state index in [0.717, 1.165) is 15.6 Å². The second-order valence-electron chi connectivity index (χ2n) is 3.92. The van der Waals surface area contributed by atoms with Crippen molar-refractivity contribution in [2.45, 2.75) is 13.0 Å². The van der Waals surface area contributed by atoms with Crippen LogP contribution in [0.4, 0.5) is 5.69 Å². The van der Waals surface area contributed by atoms with Gasteiger partial charge < -0.3 is 10.8 Å². The minimum Gasteiger partial charge on any atom is -0.398 e. The van der Waals surface area contributed by atoms with E-state index in [1.807, 2.05) is 25.1 Å². The van der Waals surface area contributed by atoms with Crippen LogP contribution in [0.15, 0.2) is 41.1 Å². The summed E-state index contributed by atoms with van der Waals surface area (Å²) in [6, 6.07) is 7.42. The van der Waals surface area contributed by atoms with Crippen molar-refractivity contribution in [1.82, 2.24) is 4.98 Å². The summed E-state index contributed by atoms with van der Waals surface area (Å²) in [6.45, 7) is 2.00. The van der Waals surface area contributed by atoms with Gasteiger partial charge in [0.1, 0.15) is 6.10 Å². The molecular formula is C13H13BrN2O. The average Bonchev–Trinajstić information content (AvgIpc) is 2.32. The first-order valence-corrected chi connectivity index (χ1v) is 6.02. The molecule has 3 nitrogen and oxygen atoms in total. The maximum atomic E-state index is 10.2. The maximum absolute atomic E-state index is 10.2. The second-order valence-corrected chi connectivity index (χ2v) is 4.77. The predicted molar refractivity (Wildman–Crippen MR) is 71.6 cm³/mol. The Kier molecular flexibility index (Phi) is 3.45. The number of nitrogen functional groups attached to an aromatic ring is 1. The van der Waals surface area contributed by atoms with E-state index in [1.54, 1.807) is 18.5 Å². The summed E-state index contributed by atoms with van der Waals surface area (Å²) >= 11 is 3.45. The molecule has 1 heterocycles. The number of hydrogen-bond acceptors (Lipinski definition) is 3. The number of anilines is 1. The Bertz CT molecular complexity index is 543. The van der Waals surface area contributed by atoms with E-state index in [9.17, 15) is 5.11 Å². The van der Waals surface area contributed by atoms with Crippen LogP contribution >= 0.6 is 15.9 Å². The van der Waals surface area contributed by atoms with Gasteiger partial charge in [0.25, 0.3) is 0 Å². The first-order chi connectivity index (χ1) is 8.09. The van der Waals surface area contributed by atoms with Gasteiger partial charge in [-0.05, 0) is 30.2 Å². The van der Waals surface area contributed by atoms with E-state index in [-0.39, 0.29) is 0 Å². The lowest BCUT2D eigenvalue weighted by molar-refractivity contribution is 0.220. The third-order valence-corrected chi connectivity index (χ3v) is 3.55. The van der Waals surface area contributed by atoms with Crippen molar-refractivity contribution in [2.75, 3.05) is 5.73 Å². The Morgan fingerprint density at radius 1 is 1.35 bits per heavy atom. The number of rotatable bonds is 2. The Morgan fingerprint density at radius 2 is 2.12 bits per heavy atom. The van der Waals surface area contributed by atoms with Crippen LogP contribution in [0.3, 0.4) is 0 Å². The van der Waals surface area contributed by atoms with Crippen molar-refractivity contribution in [3.8, 4) is 0 Å². The summed E-state index contributed by atoms with van der Waals surface area (Å²) in [5.74, 6) is 0. The lowest BCUT2D eigenvalue weighted by atomic mass is 10.0. The summed E-state index contributed by atoms with van der Waals surface area (Å²) in [6.07, 6.45) is 2.45. The highest BCUT2D eigenvalue weighted by Gasteiger charge is 2.14.